The van der Waals surface area contributed by atoms with E-state index in [0.29, 0.717) is 6.04 Å². The highest BCUT2D eigenvalue weighted by Crippen LogP contribution is 2.25. The molecule has 2 aliphatic heterocycles. The smallest absolute Gasteiger partial charge is 0.0574 e. The molecule has 4 heteroatoms. The second-order valence-corrected chi connectivity index (χ2v) is 5.97. The molecular formula is C16H26N4. The molecule has 0 bridgehead atoms. The van der Waals surface area contributed by atoms with Crippen molar-refractivity contribution in [2.45, 2.75) is 38.3 Å². The first-order valence-corrected chi connectivity index (χ1v) is 7.94. The number of nitrogens with zero attached hydrogens (tertiary/aromatic N) is 3. The van der Waals surface area contributed by atoms with Crippen molar-refractivity contribution in [3.63, 3.8) is 0 Å². The Morgan fingerprint density at radius 2 is 2.25 bits per heavy atom. The first-order chi connectivity index (χ1) is 9.81. The first-order valence-electron chi connectivity index (χ1n) is 7.94. The van der Waals surface area contributed by atoms with Gasteiger partial charge in [-0.1, -0.05) is 6.92 Å². The third-order valence-corrected chi connectivity index (χ3v) is 4.84. The summed E-state index contributed by atoms with van der Waals surface area (Å²) in [6.45, 7) is 7.01. The Labute approximate surface area is 122 Å². The molecule has 110 valence electrons. The largest absolute Gasteiger partial charge is 0.367 e. The van der Waals surface area contributed by atoms with Gasteiger partial charge in [0.25, 0.3) is 0 Å². The van der Waals surface area contributed by atoms with Crippen molar-refractivity contribution in [1.29, 1.82) is 0 Å². The van der Waals surface area contributed by atoms with Crippen LogP contribution in [-0.4, -0.2) is 49.2 Å². The minimum atomic E-state index is 0.371. The van der Waals surface area contributed by atoms with E-state index in [1.165, 1.54) is 38.2 Å². The summed E-state index contributed by atoms with van der Waals surface area (Å²) in [6.07, 6.45) is 5.86. The Kier molecular flexibility index (Phi) is 4.22. The minimum absolute atomic E-state index is 0.371. The molecule has 4 nitrogen and oxygen atoms in total. The fourth-order valence-electron chi connectivity index (χ4n) is 3.58. The van der Waals surface area contributed by atoms with Crippen molar-refractivity contribution in [3.8, 4) is 0 Å². The molecule has 0 saturated carbocycles. The summed E-state index contributed by atoms with van der Waals surface area (Å²) in [5, 5.41) is 3.31. The van der Waals surface area contributed by atoms with Crippen molar-refractivity contribution in [1.82, 2.24) is 15.2 Å². The van der Waals surface area contributed by atoms with E-state index >= 15 is 0 Å². The lowest BCUT2D eigenvalue weighted by Gasteiger charge is -2.38. The summed E-state index contributed by atoms with van der Waals surface area (Å²) < 4.78 is 0. The number of fused-ring (bicyclic) bond motifs is 1. The molecule has 2 aliphatic rings. The van der Waals surface area contributed by atoms with Crippen LogP contribution in [-0.2, 0) is 0 Å². The van der Waals surface area contributed by atoms with Crippen LogP contribution in [0, 0.1) is 0 Å². The zero-order valence-corrected chi connectivity index (χ0v) is 12.7. The summed E-state index contributed by atoms with van der Waals surface area (Å²) in [4.78, 5) is 9.81. The van der Waals surface area contributed by atoms with Crippen molar-refractivity contribution in [2.24, 2.45) is 0 Å². The summed E-state index contributed by atoms with van der Waals surface area (Å²) >= 11 is 0. The first kappa shape index (κ1) is 13.8. The lowest BCUT2D eigenvalue weighted by Crippen LogP contribution is -2.50. The number of hydrogen-bond donors (Lipinski definition) is 1. The normalized spacial score (nSPS) is 24.7. The molecule has 2 atom stereocenters. The zero-order chi connectivity index (χ0) is 13.9. The summed E-state index contributed by atoms with van der Waals surface area (Å²) in [5.41, 5.74) is 2.43. The van der Waals surface area contributed by atoms with Crippen LogP contribution in [0.25, 0.3) is 0 Å². The summed E-state index contributed by atoms with van der Waals surface area (Å²) in [6, 6.07) is 5.56. The highest BCUT2D eigenvalue weighted by atomic mass is 15.3. The number of nitrogens with one attached hydrogen (secondary N) is 1. The summed E-state index contributed by atoms with van der Waals surface area (Å²) in [7, 11) is 2.00. The Balaban J connectivity index is 1.68. The van der Waals surface area contributed by atoms with Crippen molar-refractivity contribution >= 4 is 5.69 Å². The Bertz CT molecular complexity index is 427. The molecule has 3 rings (SSSR count). The molecule has 20 heavy (non-hydrogen) atoms. The number of piperazine rings is 1. The summed E-state index contributed by atoms with van der Waals surface area (Å²) in [5.74, 6) is 0. The molecule has 2 saturated heterocycles. The van der Waals surface area contributed by atoms with E-state index in [1.54, 1.807) is 0 Å². The maximum Gasteiger partial charge on any atom is 0.0574 e. The van der Waals surface area contributed by atoms with Crippen molar-refractivity contribution < 1.29 is 0 Å². The molecular weight excluding hydrogens is 248 g/mol. The van der Waals surface area contributed by atoms with Gasteiger partial charge in [-0.15, -0.1) is 0 Å². The average molecular weight is 274 g/mol. The van der Waals surface area contributed by atoms with E-state index in [9.17, 15) is 0 Å². The third kappa shape index (κ3) is 2.67. The van der Waals surface area contributed by atoms with Gasteiger partial charge in [0.1, 0.15) is 0 Å². The molecule has 1 aromatic rings. The number of rotatable bonds is 4. The van der Waals surface area contributed by atoms with Crippen LogP contribution in [0.5, 0.6) is 0 Å². The highest BCUT2D eigenvalue weighted by Gasteiger charge is 2.30. The van der Waals surface area contributed by atoms with Gasteiger partial charge in [-0.2, -0.15) is 0 Å². The van der Waals surface area contributed by atoms with Crippen LogP contribution in [0.2, 0.25) is 0 Å². The van der Waals surface area contributed by atoms with Gasteiger partial charge >= 0.3 is 0 Å². The Hall–Kier alpha value is -1.13. The van der Waals surface area contributed by atoms with E-state index in [1.807, 2.05) is 7.05 Å². The molecule has 1 aromatic heterocycles. The molecule has 0 aromatic carbocycles. The molecule has 0 amide bonds. The zero-order valence-electron chi connectivity index (χ0n) is 12.7. The lowest BCUT2D eigenvalue weighted by molar-refractivity contribution is 0.231. The standard InChI is InChI=1S/C16H26N4/c1-3-15(17-2)16-7-6-13(11-18-16)20-10-9-19-8-4-5-14(19)12-20/h6-7,11,14-15,17H,3-5,8-10,12H2,1-2H3. The molecule has 2 fully saturated rings. The number of hydrogen-bond acceptors (Lipinski definition) is 4. The van der Waals surface area contributed by atoms with Crippen molar-refractivity contribution in [2.75, 3.05) is 38.1 Å². The van der Waals surface area contributed by atoms with Crippen LogP contribution >= 0.6 is 0 Å². The van der Waals surface area contributed by atoms with Gasteiger partial charge < -0.3 is 10.2 Å². The average Bonchev–Trinajstić information content (AvgIpc) is 2.96. The van der Waals surface area contributed by atoms with Crippen LogP contribution in [0.4, 0.5) is 5.69 Å². The monoisotopic (exact) mass is 274 g/mol. The Morgan fingerprint density at radius 3 is 2.95 bits per heavy atom. The van der Waals surface area contributed by atoms with E-state index in [-0.39, 0.29) is 0 Å². The fourth-order valence-corrected chi connectivity index (χ4v) is 3.58. The maximum absolute atomic E-state index is 4.66. The predicted octanol–water partition coefficient (Wildman–Crippen LogP) is 2.04. The third-order valence-electron chi connectivity index (χ3n) is 4.84. The van der Waals surface area contributed by atoms with E-state index in [4.69, 9.17) is 0 Å². The molecule has 3 heterocycles. The van der Waals surface area contributed by atoms with Gasteiger partial charge in [0.15, 0.2) is 0 Å². The topological polar surface area (TPSA) is 31.4 Å². The lowest BCUT2D eigenvalue weighted by atomic mass is 10.1. The van der Waals surface area contributed by atoms with Crippen LogP contribution in [0.3, 0.4) is 0 Å². The predicted molar refractivity (Wildman–Crippen MR) is 83.1 cm³/mol. The molecule has 2 unspecified atom stereocenters. The second-order valence-electron chi connectivity index (χ2n) is 5.97. The maximum atomic E-state index is 4.66. The quantitative estimate of drug-likeness (QED) is 0.910. The van der Waals surface area contributed by atoms with E-state index in [0.717, 1.165) is 24.7 Å². The Morgan fingerprint density at radius 1 is 1.35 bits per heavy atom. The van der Waals surface area contributed by atoms with Crippen LogP contribution in [0.15, 0.2) is 18.3 Å². The molecule has 1 N–H and O–H groups in total. The van der Waals surface area contributed by atoms with Crippen LogP contribution < -0.4 is 10.2 Å². The molecule has 0 aliphatic carbocycles. The van der Waals surface area contributed by atoms with Gasteiger partial charge in [-0.3, -0.25) is 9.88 Å². The van der Waals surface area contributed by atoms with Gasteiger partial charge in [-0.25, -0.2) is 0 Å². The van der Waals surface area contributed by atoms with Gasteiger partial charge in [0.2, 0.25) is 0 Å². The number of anilines is 1. The number of pyridine rings is 1. The number of aromatic nitrogens is 1. The highest BCUT2D eigenvalue weighted by molar-refractivity contribution is 5.45. The minimum Gasteiger partial charge on any atom is -0.367 e. The fraction of sp³-hybridized carbons (Fsp3) is 0.688. The van der Waals surface area contributed by atoms with E-state index in [2.05, 4.69) is 45.4 Å². The SMILES string of the molecule is CCC(NC)c1ccc(N2CCN3CCCC3C2)cn1. The van der Waals surface area contributed by atoms with Crippen LogP contribution in [0.1, 0.15) is 37.9 Å². The van der Waals surface area contributed by atoms with Gasteiger partial charge in [0.05, 0.1) is 17.6 Å². The van der Waals surface area contributed by atoms with E-state index < -0.39 is 0 Å². The van der Waals surface area contributed by atoms with Crippen molar-refractivity contribution in [3.05, 3.63) is 24.0 Å². The second kappa shape index (κ2) is 6.10. The van der Waals surface area contributed by atoms with Gasteiger partial charge in [0, 0.05) is 31.7 Å². The molecule has 0 spiro atoms. The van der Waals surface area contributed by atoms with Gasteiger partial charge in [-0.05, 0) is 45.0 Å². The molecule has 0 radical (unpaired) electrons.